The summed E-state index contributed by atoms with van der Waals surface area (Å²) >= 11 is 5.87. The highest BCUT2D eigenvalue weighted by Gasteiger charge is 2.27. The predicted octanol–water partition coefficient (Wildman–Crippen LogP) is 1.77. The number of piperazine rings is 1. The van der Waals surface area contributed by atoms with E-state index in [-0.39, 0.29) is 12.5 Å². The molecule has 28 heavy (non-hydrogen) atoms. The number of aryl methyl sites for hydroxylation is 1. The molecule has 150 valence electrons. The van der Waals surface area contributed by atoms with Gasteiger partial charge < -0.3 is 19.9 Å². The summed E-state index contributed by atoms with van der Waals surface area (Å²) in [5.41, 5.74) is 0.824. The molecule has 8 nitrogen and oxygen atoms in total. The first-order valence-electron chi connectivity index (χ1n) is 9.27. The van der Waals surface area contributed by atoms with Gasteiger partial charge in [-0.25, -0.2) is 4.99 Å². The number of benzene rings is 1. The molecule has 1 fully saturated rings. The van der Waals surface area contributed by atoms with Crippen molar-refractivity contribution in [1.82, 2.24) is 20.0 Å². The molecule has 1 aliphatic heterocycles. The lowest BCUT2D eigenvalue weighted by molar-refractivity contribution is -0.120. The Morgan fingerprint density at radius 3 is 2.75 bits per heavy atom. The number of anilines is 1. The van der Waals surface area contributed by atoms with Gasteiger partial charge in [-0.15, -0.1) is 0 Å². The fourth-order valence-corrected chi connectivity index (χ4v) is 3.07. The number of guanidine groups is 1. The number of hydrogen-bond acceptors (Lipinski definition) is 4. The molecule has 0 unspecified atom stereocenters. The number of hydrogen-bond donors (Lipinski definition) is 1. The number of ether oxygens (including phenoxy) is 1. The maximum atomic E-state index is 12.6. The van der Waals surface area contributed by atoms with E-state index in [2.05, 4.69) is 15.4 Å². The van der Waals surface area contributed by atoms with Gasteiger partial charge in [0.15, 0.2) is 5.96 Å². The zero-order valence-electron chi connectivity index (χ0n) is 16.1. The first-order valence-corrected chi connectivity index (χ1v) is 9.65. The minimum Gasteiger partial charge on any atom is -0.492 e. The van der Waals surface area contributed by atoms with Gasteiger partial charge in [0, 0.05) is 37.9 Å². The van der Waals surface area contributed by atoms with E-state index in [0.717, 1.165) is 23.9 Å². The number of rotatable bonds is 6. The number of carbonyl (C=O) groups excluding carboxylic acids is 1. The third-order valence-corrected chi connectivity index (χ3v) is 4.55. The minimum absolute atomic E-state index is 0.0299. The van der Waals surface area contributed by atoms with Gasteiger partial charge in [0.2, 0.25) is 5.91 Å². The van der Waals surface area contributed by atoms with Gasteiger partial charge in [-0.1, -0.05) is 11.6 Å². The molecule has 2 heterocycles. The van der Waals surface area contributed by atoms with E-state index in [9.17, 15) is 4.79 Å². The zero-order valence-corrected chi connectivity index (χ0v) is 16.9. The van der Waals surface area contributed by atoms with Crippen LogP contribution in [-0.4, -0.2) is 65.9 Å². The second-order valence-corrected chi connectivity index (χ2v) is 6.81. The SMILES string of the molecule is CCNC(=NCCOc1ccc(Cl)cc1)N1CCN(c2cnn(C)c2)C(=O)C1. The van der Waals surface area contributed by atoms with Crippen LogP contribution in [0.25, 0.3) is 0 Å². The van der Waals surface area contributed by atoms with Crippen LogP contribution in [0.15, 0.2) is 41.7 Å². The molecule has 3 rings (SSSR count). The molecule has 2 aromatic rings. The van der Waals surface area contributed by atoms with Crippen molar-refractivity contribution < 1.29 is 9.53 Å². The first kappa shape index (κ1) is 20.0. The Labute approximate surface area is 169 Å². The fourth-order valence-electron chi connectivity index (χ4n) is 2.95. The van der Waals surface area contributed by atoms with Gasteiger partial charge in [0.05, 0.1) is 18.4 Å². The van der Waals surface area contributed by atoms with Crippen molar-refractivity contribution in [1.29, 1.82) is 0 Å². The zero-order chi connectivity index (χ0) is 19.9. The van der Waals surface area contributed by atoms with Crippen LogP contribution in [0.5, 0.6) is 5.75 Å². The van der Waals surface area contributed by atoms with E-state index in [1.807, 2.05) is 37.2 Å². The molecular formula is C19H25ClN6O2. The van der Waals surface area contributed by atoms with Crippen LogP contribution >= 0.6 is 11.6 Å². The Hall–Kier alpha value is -2.74. The van der Waals surface area contributed by atoms with Crippen molar-refractivity contribution in [3.8, 4) is 5.75 Å². The van der Waals surface area contributed by atoms with Crippen molar-refractivity contribution >= 4 is 29.2 Å². The molecule has 0 bridgehead atoms. The van der Waals surface area contributed by atoms with Gasteiger partial charge in [-0.2, -0.15) is 5.10 Å². The van der Waals surface area contributed by atoms with Gasteiger partial charge in [0.1, 0.15) is 18.9 Å². The van der Waals surface area contributed by atoms with E-state index in [1.54, 1.807) is 27.9 Å². The lowest BCUT2D eigenvalue weighted by Crippen LogP contribution is -2.55. The predicted molar refractivity (Wildman–Crippen MR) is 110 cm³/mol. The summed E-state index contributed by atoms with van der Waals surface area (Å²) in [5.74, 6) is 1.51. The molecule has 1 aromatic heterocycles. The quantitative estimate of drug-likeness (QED) is 0.451. The van der Waals surface area contributed by atoms with E-state index >= 15 is 0 Å². The van der Waals surface area contributed by atoms with Crippen LogP contribution in [0.2, 0.25) is 5.02 Å². The molecule has 1 aliphatic rings. The van der Waals surface area contributed by atoms with Crippen LogP contribution in [0, 0.1) is 0 Å². The lowest BCUT2D eigenvalue weighted by atomic mass is 10.3. The number of nitrogens with one attached hydrogen (secondary N) is 1. The number of amides is 1. The van der Waals surface area contributed by atoms with Crippen molar-refractivity contribution in [3.63, 3.8) is 0 Å². The van der Waals surface area contributed by atoms with E-state index < -0.39 is 0 Å². The fraction of sp³-hybridized carbons (Fsp3) is 0.421. The molecule has 1 saturated heterocycles. The highest BCUT2D eigenvalue weighted by molar-refractivity contribution is 6.30. The Kier molecular flexibility index (Phi) is 6.76. The van der Waals surface area contributed by atoms with E-state index in [4.69, 9.17) is 16.3 Å². The summed E-state index contributed by atoms with van der Waals surface area (Å²) < 4.78 is 7.37. The highest BCUT2D eigenvalue weighted by Crippen LogP contribution is 2.17. The number of halogens is 1. The van der Waals surface area contributed by atoms with Gasteiger partial charge in [-0.3, -0.25) is 9.48 Å². The van der Waals surface area contributed by atoms with Crippen LogP contribution in [0.3, 0.4) is 0 Å². The van der Waals surface area contributed by atoms with Crippen molar-refractivity contribution in [2.75, 3.05) is 44.2 Å². The third kappa shape index (κ3) is 5.16. The lowest BCUT2D eigenvalue weighted by Gasteiger charge is -2.35. The Bertz CT molecular complexity index is 820. The van der Waals surface area contributed by atoms with E-state index in [0.29, 0.717) is 31.3 Å². The van der Waals surface area contributed by atoms with Crippen LogP contribution < -0.4 is 15.0 Å². The molecule has 0 saturated carbocycles. The van der Waals surface area contributed by atoms with Crippen molar-refractivity contribution in [3.05, 3.63) is 41.7 Å². The number of nitrogens with zero attached hydrogens (tertiary/aromatic N) is 5. The number of aromatic nitrogens is 2. The molecule has 0 spiro atoms. The molecule has 0 radical (unpaired) electrons. The van der Waals surface area contributed by atoms with Gasteiger partial charge >= 0.3 is 0 Å². The van der Waals surface area contributed by atoms with Crippen LogP contribution in [0.1, 0.15) is 6.92 Å². The summed E-state index contributed by atoms with van der Waals surface area (Å²) in [6, 6.07) is 7.23. The summed E-state index contributed by atoms with van der Waals surface area (Å²) in [6.07, 6.45) is 3.56. The van der Waals surface area contributed by atoms with Crippen LogP contribution in [-0.2, 0) is 11.8 Å². The largest absolute Gasteiger partial charge is 0.492 e. The average molecular weight is 405 g/mol. The second-order valence-electron chi connectivity index (χ2n) is 6.38. The number of aliphatic imine (C=N–C) groups is 1. The maximum Gasteiger partial charge on any atom is 0.246 e. The van der Waals surface area contributed by atoms with Crippen molar-refractivity contribution in [2.45, 2.75) is 6.92 Å². The average Bonchev–Trinajstić information content (AvgIpc) is 3.11. The molecule has 1 N–H and O–H groups in total. The molecule has 1 amide bonds. The molecule has 1 aromatic carbocycles. The monoisotopic (exact) mass is 404 g/mol. The number of carbonyl (C=O) groups is 1. The molecular weight excluding hydrogens is 380 g/mol. The highest BCUT2D eigenvalue weighted by atomic mass is 35.5. The standard InChI is InChI=1S/C19H25ClN6O2/c1-3-21-19(22-8-11-28-17-6-4-15(20)5-7-17)25-9-10-26(18(27)14-25)16-12-23-24(2)13-16/h4-7,12-13H,3,8-11,14H2,1-2H3,(H,21,22). The van der Waals surface area contributed by atoms with E-state index in [1.165, 1.54) is 0 Å². The Balaban J connectivity index is 1.55. The van der Waals surface area contributed by atoms with Gasteiger partial charge in [0.25, 0.3) is 0 Å². The molecule has 0 atom stereocenters. The Morgan fingerprint density at radius 1 is 1.32 bits per heavy atom. The minimum atomic E-state index is 0.0299. The third-order valence-electron chi connectivity index (χ3n) is 4.29. The summed E-state index contributed by atoms with van der Waals surface area (Å²) in [7, 11) is 1.84. The molecule has 9 heteroatoms. The van der Waals surface area contributed by atoms with Crippen LogP contribution in [0.4, 0.5) is 5.69 Å². The normalized spacial score (nSPS) is 15.1. The first-order chi connectivity index (χ1) is 13.6. The molecule has 0 aliphatic carbocycles. The summed E-state index contributed by atoms with van der Waals surface area (Å²) in [4.78, 5) is 20.9. The topological polar surface area (TPSA) is 75.0 Å². The smallest absolute Gasteiger partial charge is 0.246 e. The maximum absolute atomic E-state index is 12.6. The van der Waals surface area contributed by atoms with Crippen molar-refractivity contribution in [2.24, 2.45) is 12.0 Å². The Morgan fingerprint density at radius 2 is 2.11 bits per heavy atom. The second kappa shape index (κ2) is 9.45. The summed E-state index contributed by atoms with van der Waals surface area (Å²) in [6.45, 7) is 5.24. The van der Waals surface area contributed by atoms with Gasteiger partial charge in [-0.05, 0) is 31.2 Å². The summed E-state index contributed by atoms with van der Waals surface area (Å²) in [5, 5.41) is 8.07.